The van der Waals surface area contributed by atoms with Gasteiger partial charge >= 0.3 is 5.91 Å². The van der Waals surface area contributed by atoms with Crippen LogP contribution in [0.2, 0.25) is 0 Å². The molecule has 5 heteroatoms. The number of nitrogens with zero attached hydrogens (tertiary/aromatic N) is 2. The van der Waals surface area contributed by atoms with Crippen molar-refractivity contribution in [3.8, 4) is 5.75 Å². The van der Waals surface area contributed by atoms with Crippen molar-refractivity contribution in [2.24, 2.45) is 5.18 Å². The number of likely N-dealkylation sites (tertiary alicyclic amines) is 1. The first-order valence-electron chi connectivity index (χ1n) is 6.64. The van der Waals surface area contributed by atoms with Crippen LogP contribution in [0.1, 0.15) is 25.7 Å². The summed E-state index contributed by atoms with van der Waals surface area (Å²) >= 11 is 0. The molecule has 1 heterocycles. The summed E-state index contributed by atoms with van der Waals surface area (Å²) in [6.07, 6.45) is 3.44. The van der Waals surface area contributed by atoms with E-state index >= 15 is 0 Å². The summed E-state index contributed by atoms with van der Waals surface area (Å²) < 4.78 is 5.64. The molecule has 0 saturated carbocycles. The fourth-order valence-electron chi connectivity index (χ4n) is 2.28. The third kappa shape index (κ3) is 3.86. The molecule has 0 spiro atoms. The molecule has 1 fully saturated rings. The molecule has 0 N–H and O–H groups in total. The molecule has 5 nitrogen and oxygen atoms in total. The second kappa shape index (κ2) is 6.99. The molecule has 0 bridgehead atoms. The monoisotopic (exact) mass is 262 g/mol. The van der Waals surface area contributed by atoms with Crippen LogP contribution < -0.4 is 4.74 Å². The molecule has 2 rings (SSSR count). The molecule has 102 valence electrons. The van der Waals surface area contributed by atoms with Crippen LogP contribution in [0.5, 0.6) is 5.75 Å². The standard InChI is InChI=1S/C14H18N2O3/c17-13(15-18)14(16-10-6-1-2-7-11-16)19-12-8-4-3-5-9-12/h3-5,8-9,14H,1-2,6-7,10-11H2. The minimum Gasteiger partial charge on any atom is -0.465 e. The molecule has 1 atom stereocenters. The molecule has 0 radical (unpaired) electrons. The second-order valence-electron chi connectivity index (χ2n) is 4.66. The summed E-state index contributed by atoms with van der Waals surface area (Å²) in [5.74, 6) is -0.181. The van der Waals surface area contributed by atoms with Gasteiger partial charge in [0, 0.05) is 18.3 Å². The molecule has 1 amide bonds. The van der Waals surface area contributed by atoms with Gasteiger partial charge in [-0.2, -0.15) is 0 Å². The van der Waals surface area contributed by atoms with Crippen LogP contribution in [-0.4, -0.2) is 30.1 Å². The predicted molar refractivity (Wildman–Crippen MR) is 71.7 cm³/mol. The fourth-order valence-corrected chi connectivity index (χ4v) is 2.28. The van der Waals surface area contributed by atoms with Crippen molar-refractivity contribution in [1.82, 2.24) is 4.90 Å². The lowest BCUT2D eigenvalue weighted by atomic mass is 10.2. The lowest BCUT2D eigenvalue weighted by Crippen LogP contribution is -2.45. The lowest BCUT2D eigenvalue weighted by Gasteiger charge is -2.27. The maximum atomic E-state index is 11.7. The highest BCUT2D eigenvalue weighted by Gasteiger charge is 2.29. The first-order valence-corrected chi connectivity index (χ1v) is 6.64. The zero-order chi connectivity index (χ0) is 13.5. The minimum atomic E-state index is -0.891. The number of amides is 1. The number of hydrogen-bond acceptors (Lipinski definition) is 4. The molecule has 1 aromatic carbocycles. The van der Waals surface area contributed by atoms with Gasteiger partial charge in [0.15, 0.2) is 0 Å². The number of benzene rings is 1. The summed E-state index contributed by atoms with van der Waals surface area (Å²) in [4.78, 5) is 24.1. The van der Waals surface area contributed by atoms with Gasteiger partial charge in [-0.1, -0.05) is 31.0 Å². The average molecular weight is 262 g/mol. The van der Waals surface area contributed by atoms with Crippen LogP contribution in [0.4, 0.5) is 0 Å². The van der Waals surface area contributed by atoms with E-state index in [2.05, 4.69) is 5.18 Å². The predicted octanol–water partition coefficient (Wildman–Crippen LogP) is 2.56. The minimum absolute atomic E-state index is 0.578. The maximum absolute atomic E-state index is 11.7. The van der Waals surface area contributed by atoms with Gasteiger partial charge in [-0.25, -0.2) is 0 Å². The molecule has 0 aliphatic carbocycles. The SMILES string of the molecule is O=NC(=O)C(Oc1ccccc1)N1CCCCCC1. The number of carbonyl (C=O) groups excluding carboxylic acids is 1. The highest BCUT2D eigenvalue weighted by atomic mass is 16.5. The summed E-state index contributed by atoms with van der Waals surface area (Å²) in [5, 5.41) is 2.54. The van der Waals surface area contributed by atoms with Crippen LogP contribution in [-0.2, 0) is 4.79 Å². The Bertz CT molecular complexity index is 414. The van der Waals surface area contributed by atoms with Crippen molar-refractivity contribution < 1.29 is 9.53 Å². The third-order valence-corrected chi connectivity index (χ3v) is 3.26. The Kier molecular flexibility index (Phi) is 5.03. The zero-order valence-corrected chi connectivity index (χ0v) is 10.8. The smallest absolute Gasteiger partial charge is 0.341 e. The van der Waals surface area contributed by atoms with E-state index in [1.807, 2.05) is 23.1 Å². The Labute approximate surface area is 112 Å². The Morgan fingerprint density at radius 3 is 2.32 bits per heavy atom. The normalized spacial score (nSPS) is 18.3. The van der Waals surface area contributed by atoms with E-state index in [9.17, 15) is 9.70 Å². The van der Waals surface area contributed by atoms with E-state index in [1.165, 1.54) is 0 Å². The van der Waals surface area contributed by atoms with Gasteiger partial charge < -0.3 is 4.74 Å². The molecule has 1 aliphatic rings. The van der Waals surface area contributed by atoms with E-state index in [1.54, 1.807) is 12.1 Å². The van der Waals surface area contributed by atoms with Crippen molar-refractivity contribution in [2.75, 3.05) is 13.1 Å². The van der Waals surface area contributed by atoms with E-state index in [0.717, 1.165) is 38.8 Å². The summed E-state index contributed by atoms with van der Waals surface area (Å²) in [5.41, 5.74) is 0. The number of rotatable bonds is 4. The second-order valence-corrected chi connectivity index (χ2v) is 4.66. The molecule has 1 aromatic rings. The van der Waals surface area contributed by atoms with Gasteiger partial charge in [-0.05, 0) is 25.0 Å². The van der Waals surface area contributed by atoms with Crippen LogP contribution >= 0.6 is 0 Å². The molecule has 1 saturated heterocycles. The van der Waals surface area contributed by atoms with Gasteiger partial charge in [0.05, 0.1) is 0 Å². The van der Waals surface area contributed by atoms with E-state index in [0.29, 0.717) is 5.75 Å². The quantitative estimate of drug-likeness (QED) is 0.782. The summed E-state index contributed by atoms with van der Waals surface area (Å²) in [6.45, 7) is 1.53. The first-order chi connectivity index (χ1) is 9.31. The largest absolute Gasteiger partial charge is 0.465 e. The molecular formula is C14H18N2O3. The average Bonchev–Trinajstić information content (AvgIpc) is 2.74. The lowest BCUT2D eigenvalue weighted by molar-refractivity contribution is -0.133. The third-order valence-electron chi connectivity index (χ3n) is 3.26. The summed E-state index contributed by atoms with van der Waals surface area (Å²) in [7, 11) is 0. The van der Waals surface area contributed by atoms with Crippen LogP contribution in [0, 0.1) is 4.91 Å². The van der Waals surface area contributed by atoms with Crippen LogP contribution in [0.3, 0.4) is 0 Å². The van der Waals surface area contributed by atoms with Crippen molar-refractivity contribution >= 4 is 5.91 Å². The zero-order valence-electron chi connectivity index (χ0n) is 10.8. The topological polar surface area (TPSA) is 59.0 Å². The highest BCUT2D eigenvalue weighted by Crippen LogP contribution is 2.18. The van der Waals surface area contributed by atoms with E-state index in [4.69, 9.17) is 4.74 Å². The van der Waals surface area contributed by atoms with Crippen molar-refractivity contribution in [1.29, 1.82) is 0 Å². The molecule has 19 heavy (non-hydrogen) atoms. The Morgan fingerprint density at radius 2 is 1.74 bits per heavy atom. The molecule has 0 aromatic heterocycles. The van der Waals surface area contributed by atoms with Gasteiger partial charge in [-0.3, -0.25) is 9.69 Å². The Morgan fingerprint density at radius 1 is 1.11 bits per heavy atom. The molecule has 1 aliphatic heterocycles. The highest BCUT2D eigenvalue weighted by molar-refractivity contribution is 5.81. The van der Waals surface area contributed by atoms with Crippen LogP contribution in [0.15, 0.2) is 35.5 Å². The van der Waals surface area contributed by atoms with Gasteiger partial charge in [0.1, 0.15) is 5.75 Å². The number of para-hydroxylation sites is 1. The summed E-state index contributed by atoms with van der Waals surface area (Å²) in [6, 6.07) is 9.06. The van der Waals surface area contributed by atoms with Gasteiger partial charge in [-0.15, -0.1) is 4.91 Å². The number of carbonyl (C=O) groups is 1. The number of nitroso groups, excluding NO2 is 1. The molecule has 1 unspecified atom stereocenters. The first kappa shape index (κ1) is 13.7. The number of hydrogen-bond donors (Lipinski definition) is 0. The van der Waals surface area contributed by atoms with E-state index in [-0.39, 0.29) is 0 Å². The van der Waals surface area contributed by atoms with Crippen molar-refractivity contribution in [3.05, 3.63) is 35.2 Å². The fraction of sp³-hybridized carbons (Fsp3) is 0.500. The van der Waals surface area contributed by atoms with Gasteiger partial charge in [0.2, 0.25) is 6.23 Å². The Balaban J connectivity index is 2.10. The molecular weight excluding hydrogens is 244 g/mol. The number of ether oxygens (including phenoxy) is 1. The van der Waals surface area contributed by atoms with Gasteiger partial charge in [0.25, 0.3) is 0 Å². The van der Waals surface area contributed by atoms with Crippen molar-refractivity contribution in [3.63, 3.8) is 0 Å². The van der Waals surface area contributed by atoms with Crippen LogP contribution in [0.25, 0.3) is 0 Å². The maximum Gasteiger partial charge on any atom is 0.341 e. The Hall–Kier alpha value is -1.75. The van der Waals surface area contributed by atoms with Crippen molar-refractivity contribution in [2.45, 2.75) is 31.9 Å². The van der Waals surface area contributed by atoms with E-state index < -0.39 is 12.1 Å².